The molecule has 0 saturated carbocycles. The standard InChI is InChI=1S/C21H26ClN3O3S/c1-3-16-6-8-17(9-7-16)15(2)24-21(26)18-10-13-25(14-11-18)29(27,28)19-5-4-12-23-20(19)22/h4-9,12,15,18H,3,10-11,13-14H2,1-2H3,(H,24,26). The van der Waals surface area contributed by atoms with E-state index in [1.807, 2.05) is 19.1 Å². The van der Waals surface area contributed by atoms with Gasteiger partial charge in [0, 0.05) is 25.2 Å². The van der Waals surface area contributed by atoms with E-state index < -0.39 is 10.0 Å². The molecule has 0 radical (unpaired) electrons. The summed E-state index contributed by atoms with van der Waals surface area (Å²) >= 11 is 5.96. The van der Waals surface area contributed by atoms with Gasteiger partial charge in [-0.3, -0.25) is 4.79 Å². The number of halogens is 1. The van der Waals surface area contributed by atoms with Gasteiger partial charge in [0.05, 0.1) is 6.04 Å². The number of sulfonamides is 1. The first kappa shape index (κ1) is 21.7. The van der Waals surface area contributed by atoms with E-state index in [0.717, 1.165) is 12.0 Å². The van der Waals surface area contributed by atoms with Gasteiger partial charge in [0.1, 0.15) is 10.0 Å². The minimum Gasteiger partial charge on any atom is -0.349 e. The Morgan fingerprint density at radius 3 is 2.48 bits per heavy atom. The van der Waals surface area contributed by atoms with E-state index in [0.29, 0.717) is 12.8 Å². The van der Waals surface area contributed by atoms with Gasteiger partial charge in [-0.25, -0.2) is 13.4 Å². The topological polar surface area (TPSA) is 79.4 Å². The molecule has 3 rings (SSSR count). The normalized spacial score (nSPS) is 17.1. The van der Waals surface area contributed by atoms with Gasteiger partial charge in [-0.05, 0) is 49.4 Å². The van der Waals surface area contributed by atoms with Crippen LogP contribution in [0.2, 0.25) is 5.15 Å². The number of amides is 1. The van der Waals surface area contributed by atoms with E-state index in [1.54, 1.807) is 6.07 Å². The van der Waals surface area contributed by atoms with Crippen molar-refractivity contribution in [1.82, 2.24) is 14.6 Å². The number of carbonyl (C=O) groups excluding carboxylic acids is 1. The number of piperidine rings is 1. The van der Waals surface area contributed by atoms with Gasteiger partial charge in [0.2, 0.25) is 15.9 Å². The molecule has 1 saturated heterocycles. The van der Waals surface area contributed by atoms with Crippen LogP contribution in [0.3, 0.4) is 0 Å². The van der Waals surface area contributed by atoms with Crippen molar-refractivity contribution in [2.24, 2.45) is 5.92 Å². The van der Waals surface area contributed by atoms with Crippen LogP contribution in [-0.4, -0.2) is 36.7 Å². The van der Waals surface area contributed by atoms with E-state index in [4.69, 9.17) is 11.6 Å². The highest BCUT2D eigenvalue weighted by Crippen LogP contribution is 2.27. The van der Waals surface area contributed by atoms with Gasteiger partial charge >= 0.3 is 0 Å². The molecule has 1 aliphatic heterocycles. The molecule has 1 aromatic carbocycles. The first-order valence-electron chi connectivity index (χ1n) is 9.82. The van der Waals surface area contributed by atoms with Crippen molar-refractivity contribution in [2.45, 2.75) is 44.0 Å². The smallest absolute Gasteiger partial charge is 0.246 e. The third-order valence-corrected chi connectivity index (χ3v) is 7.76. The second-order valence-electron chi connectivity index (χ2n) is 7.30. The van der Waals surface area contributed by atoms with Crippen molar-refractivity contribution in [3.63, 3.8) is 0 Å². The summed E-state index contributed by atoms with van der Waals surface area (Å²) in [5.74, 6) is -0.239. The monoisotopic (exact) mass is 435 g/mol. The Kier molecular flexibility index (Phi) is 6.93. The highest BCUT2D eigenvalue weighted by Gasteiger charge is 2.33. The lowest BCUT2D eigenvalue weighted by molar-refractivity contribution is -0.126. The second-order valence-corrected chi connectivity index (χ2v) is 9.56. The van der Waals surface area contributed by atoms with Gasteiger partial charge in [0.15, 0.2) is 0 Å². The molecule has 0 spiro atoms. The molecule has 0 bridgehead atoms. The van der Waals surface area contributed by atoms with Crippen molar-refractivity contribution in [3.8, 4) is 0 Å². The number of aromatic nitrogens is 1. The minimum atomic E-state index is -3.71. The number of hydrogen-bond acceptors (Lipinski definition) is 4. The third-order valence-electron chi connectivity index (χ3n) is 5.41. The predicted octanol–water partition coefficient (Wildman–Crippen LogP) is 3.58. The van der Waals surface area contributed by atoms with Crippen LogP contribution in [0, 0.1) is 5.92 Å². The van der Waals surface area contributed by atoms with Gasteiger partial charge in [0.25, 0.3) is 0 Å². The fourth-order valence-corrected chi connectivity index (χ4v) is 5.42. The molecule has 156 valence electrons. The molecule has 1 fully saturated rings. The molecular formula is C21H26ClN3O3S. The number of nitrogens with zero attached hydrogens (tertiary/aromatic N) is 2. The van der Waals surface area contributed by atoms with Crippen LogP contribution in [0.4, 0.5) is 0 Å². The molecule has 2 heterocycles. The van der Waals surface area contributed by atoms with Gasteiger partial charge < -0.3 is 5.32 Å². The highest BCUT2D eigenvalue weighted by molar-refractivity contribution is 7.89. The van der Waals surface area contributed by atoms with Gasteiger partial charge in [-0.2, -0.15) is 4.31 Å². The lowest BCUT2D eigenvalue weighted by atomic mass is 9.96. The fraction of sp³-hybridized carbons (Fsp3) is 0.429. The Morgan fingerprint density at radius 2 is 1.90 bits per heavy atom. The van der Waals surface area contributed by atoms with Crippen LogP contribution in [0.5, 0.6) is 0 Å². The Bertz CT molecular complexity index is 955. The maximum atomic E-state index is 12.8. The number of nitrogens with one attached hydrogen (secondary N) is 1. The number of benzene rings is 1. The molecular weight excluding hydrogens is 410 g/mol. The SMILES string of the molecule is CCc1ccc(C(C)NC(=O)C2CCN(S(=O)(=O)c3cccnc3Cl)CC2)cc1. The summed E-state index contributed by atoms with van der Waals surface area (Å²) in [6.45, 7) is 4.63. The molecule has 1 N–H and O–H groups in total. The number of pyridine rings is 1. The largest absolute Gasteiger partial charge is 0.349 e. The number of aryl methyl sites for hydroxylation is 1. The molecule has 6 nitrogen and oxygen atoms in total. The second kappa shape index (κ2) is 9.24. The number of rotatable bonds is 6. The zero-order valence-electron chi connectivity index (χ0n) is 16.6. The molecule has 0 aliphatic carbocycles. The Balaban J connectivity index is 1.58. The summed E-state index contributed by atoms with van der Waals surface area (Å²) in [6.07, 6.45) is 3.39. The van der Waals surface area contributed by atoms with Crippen LogP contribution in [0.25, 0.3) is 0 Å². The quantitative estimate of drug-likeness (QED) is 0.703. The molecule has 29 heavy (non-hydrogen) atoms. The van der Waals surface area contributed by atoms with Crippen molar-refractivity contribution < 1.29 is 13.2 Å². The van der Waals surface area contributed by atoms with E-state index in [1.165, 1.54) is 22.1 Å². The predicted molar refractivity (Wildman–Crippen MR) is 113 cm³/mol. The first-order valence-corrected chi connectivity index (χ1v) is 11.6. The maximum absolute atomic E-state index is 12.8. The summed E-state index contributed by atoms with van der Waals surface area (Å²) < 4.78 is 27.0. The average molecular weight is 436 g/mol. The Hall–Kier alpha value is -1.96. The molecule has 1 aromatic heterocycles. The number of carbonyl (C=O) groups is 1. The van der Waals surface area contributed by atoms with E-state index in [2.05, 4.69) is 29.4 Å². The fourth-order valence-electron chi connectivity index (χ4n) is 3.52. The first-order chi connectivity index (χ1) is 13.8. The van der Waals surface area contributed by atoms with Crippen molar-refractivity contribution >= 4 is 27.5 Å². The summed E-state index contributed by atoms with van der Waals surface area (Å²) in [5.41, 5.74) is 2.32. The molecule has 1 unspecified atom stereocenters. The molecule has 1 amide bonds. The van der Waals surface area contributed by atoms with Crippen molar-refractivity contribution in [2.75, 3.05) is 13.1 Å². The van der Waals surface area contributed by atoms with Crippen molar-refractivity contribution in [3.05, 3.63) is 58.9 Å². The Morgan fingerprint density at radius 1 is 1.24 bits per heavy atom. The van der Waals surface area contributed by atoms with Crippen LogP contribution in [0.1, 0.15) is 43.9 Å². The summed E-state index contributed by atoms with van der Waals surface area (Å²) in [6, 6.07) is 11.1. The van der Waals surface area contributed by atoms with E-state index >= 15 is 0 Å². The van der Waals surface area contributed by atoms with Crippen LogP contribution >= 0.6 is 11.6 Å². The zero-order chi connectivity index (χ0) is 21.0. The van der Waals surface area contributed by atoms with Crippen LogP contribution in [-0.2, 0) is 21.2 Å². The minimum absolute atomic E-state index is 0.00807. The molecule has 8 heteroatoms. The summed E-state index contributed by atoms with van der Waals surface area (Å²) in [7, 11) is -3.71. The molecule has 1 aliphatic rings. The van der Waals surface area contributed by atoms with Gasteiger partial charge in [-0.15, -0.1) is 0 Å². The maximum Gasteiger partial charge on any atom is 0.246 e. The molecule has 2 aromatic rings. The third kappa shape index (κ3) is 4.97. The van der Waals surface area contributed by atoms with E-state index in [-0.39, 0.29) is 41.0 Å². The van der Waals surface area contributed by atoms with Crippen molar-refractivity contribution in [1.29, 1.82) is 0 Å². The zero-order valence-corrected chi connectivity index (χ0v) is 18.2. The van der Waals surface area contributed by atoms with Gasteiger partial charge in [-0.1, -0.05) is 42.8 Å². The van der Waals surface area contributed by atoms with Crippen LogP contribution in [0.15, 0.2) is 47.5 Å². The average Bonchev–Trinajstić information content (AvgIpc) is 2.74. The Labute approximate surface area is 177 Å². The summed E-state index contributed by atoms with van der Waals surface area (Å²) in [4.78, 5) is 16.5. The number of hydrogen-bond donors (Lipinski definition) is 1. The summed E-state index contributed by atoms with van der Waals surface area (Å²) in [5, 5.41) is 3.03. The molecule has 1 atom stereocenters. The lowest BCUT2D eigenvalue weighted by Crippen LogP contribution is -2.43. The van der Waals surface area contributed by atoms with Crippen LogP contribution < -0.4 is 5.32 Å². The van der Waals surface area contributed by atoms with E-state index in [9.17, 15) is 13.2 Å². The highest BCUT2D eigenvalue weighted by atomic mass is 35.5. The lowest BCUT2D eigenvalue weighted by Gasteiger charge is -2.31.